The molecule has 7 heteroatoms. The van der Waals surface area contributed by atoms with E-state index in [1.807, 2.05) is 48.7 Å². The van der Waals surface area contributed by atoms with Crippen LogP contribution in [0.2, 0.25) is 0 Å². The van der Waals surface area contributed by atoms with Gasteiger partial charge in [0.2, 0.25) is 11.8 Å². The molecule has 2 amide bonds. The molecule has 6 nitrogen and oxygen atoms in total. The lowest BCUT2D eigenvalue weighted by Crippen LogP contribution is -2.29. The van der Waals surface area contributed by atoms with Crippen LogP contribution >= 0.6 is 11.3 Å². The second-order valence-corrected chi connectivity index (χ2v) is 7.40. The van der Waals surface area contributed by atoms with E-state index in [1.165, 1.54) is 18.3 Å². The van der Waals surface area contributed by atoms with Gasteiger partial charge in [-0.3, -0.25) is 9.59 Å². The molecule has 0 spiro atoms. The number of ether oxygens (including phenoxy) is 1. The van der Waals surface area contributed by atoms with Gasteiger partial charge in [0.25, 0.3) is 0 Å². The van der Waals surface area contributed by atoms with Gasteiger partial charge in [-0.05, 0) is 24.6 Å². The van der Waals surface area contributed by atoms with Gasteiger partial charge in [-0.25, -0.2) is 4.98 Å². The standard InChI is InChI=1S/C22H23N3O3S/c1-15-7-9-17(10-8-15)20(24-16(2)26)11-22(27)25-19-5-3-4-6-21(19)28-12-18-13-29-14-23-18/h3-10,13-14,20H,11-12H2,1-2H3,(H,24,26)(H,25,27). The third kappa shape index (κ3) is 6.15. The summed E-state index contributed by atoms with van der Waals surface area (Å²) in [6.07, 6.45) is 0.114. The average molecular weight is 410 g/mol. The molecular weight excluding hydrogens is 386 g/mol. The van der Waals surface area contributed by atoms with E-state index in [0.717, 1.165) is 16.8 Å². The van der Waals surface area contributed by atoms with Crippen molar-refractivity contribution < 1.29 is 14.3 Å². The van der Waals surface area contributed by atoms with Crippen molar-refractivity contribution in [3.05, 3.63) is 76.2 Å². The lowest BCUT2D eigenvalue weighted by molar-refractivity contribution is -0.120. The number of aromatic nitrogens is 1. The van der Waals surface area contributed by atoms with Crippen molar-refractivity contribution in [2.45, 2.75) is 32.9 Å². The maximum Gasteiger partial charge on any atom is 0.226 e. The Balaban J connectivity index is 1.68. The third-order valence-corrected chi connectivity index (χ3v) is 4.90. The zero-order valence-electron chi connectivity index (χ0n) is 16.3. The van der Waals surface area contributed by atoms with Crippen LogP contribution in [0.5, 0.6) is 5.75 Å². The molecule has 3 rings (SSSR count). The number of carbonyl (C=O) groups excluding carboxylic acids is 2. The van der Waals surface area contributed by atoms with Crippen LogP contribution < -0.4 is 15.4 Å². The first-order valence-electron chi connectivity index (χ1n) is 9.23. The molecule has 0 bridgehead atoms. The number of benzene rings is 2. The Morgan fingerprint density at radius 1 is 1.14 bits per heavy atom. The highest BCUT2D eigenvalue weighted by Crippen LogP contribution is 2.26. The molecule has 1 atom stereocenters. The number of thiazole rings is 1. The van der Waals surface area contributed by atoms with E-state index in [2.05, 4.69) is 15.6 Å². The molecule has 1 heterocycles. The predicted molar refractivity (Wildman–Crippen MR) is 114 cm³/mol. The van der Waals surface area contributed by atoms with Crippen molar-refractivity contribution >= 4 is 28.8 Å². The van der Waals surface area contributed by atoms with Gasteiger partial charge in [0, 0.05) is 12.3 Å². The summed E-state index contributed by atoms with van der Waals surface area (Å²) in [5, 5.41) is 7.66. The monoisotopic (exact) mass is 409 g/mol. The molecule has 2 aromatic carbocycles. The highest BCUT2D eigenvalue weighted by molar-refractivity contribution is 7.07. The topological polar surface area (TPSA) is 80.3 Å². The zero-order chi connectivity index (χ0) is 20.6. The fourth-order valence-electron chi connectivity index (χ4n) is 2.84. The van der Waals surface area contributed by atoms with Gasteiger partial charge in [0.1, 0.15) is 12.4 Å². The highest BCUT2D eigenvalue weighted by Gasteiger charge is 2.18. The van der Waals surface area contributed by atoms with Gasteiger partial charge >= 0.3 is 0 Å². The van der Waals surface area contributed by atoms with Crippen molar-refractivity contribution in [2.75, 3.05) is 5.32 Å². The summed E-state index contributed by atoms with van der Waals surface area (Å²) in [5.74, 6) is 0.171. The number of nitrogens with one attached hydrogen (secondary N) is 2. The first-order chi connectivity index (χ1) is 14.0. The second-order valence-electron chi connectivity index (χ2n) is 6.68. The van der Waals surface area contributed by atoms with Crippen LogP contribution in [0.4, 0.5) is 5.69 Å². The molecule has 0 aliphatic carbocycles. The number of rotatable bonds is 8. The predicted octanol–water partition coefficient (Wildman–Crippen LogP) is 4.24. The minimum Gasteiger partial charge on any atom is -0.485 e. The van der Waals surface area contributed by atoms with Crippen LogP contribution in [-0.4, -0.2) is 16.8 Å². The molecule has 150 valence electrons. The molecule has 0 saturated heterocycles. The van der Waals surface area contributed by atoms with Crippen LogP contribution in [0.25, 0.3) is 0 Å². The third-order valence-electron chi connectivity index (χ3n) is 4.27. The van der Waals surface area contributed by atoms with Crippen molar-refractivity contribution in [3.63, 3.8) is 0 Å². The maximum absolute atomic E-state index is 12.7. The Hall–Kier alpha value is -3.19. The fourth-order valence-corrected chi connectivity index (χ4v) is 3.38. The Bertz CT molecular complexity index is 956. The first kappa shape index (κ1) is 20.5. The molecule has 1 unspecified atom stereocenters. The van der Waals surface area contributed by atoms with Crippen LogP contribution in [-0.2, 0) is 16.2 Å². The Morgan fingerprint density at radius 2 is 1.90 bits per heavy atom. The maximum atomic E-state index is 12.7. The Labute approximate surface area is 173 Å². The Kier molecular flexibility index (Phi) is 6.97. The summed E-state index contributed by atoms with van der Waals surface area (Å²) in [5.41, 5.74) is 5.17. The van der Waals surface area contributed by atoms with Crippen molar-refractivity contribution in [1.29, 1.82) is 0 Å². The molecule has 3 aromatic rings. The van der Waals surface area contributed by atoms with E-state index in [0.29, 0.717) is 18.0 Å². The molecule has 2 N–H and O–H groups in total. The van der Waals surface area contributed by atoms with Gasteiger partial charge in [0.15, 0.2) is 0 Å². The average Bonchev–Trinajstić information content (AvgIpc) is 3.20. The fraction of sp³-hybridized carbons (Fsp3) is 0.227. The second kappa shape index (κ2) is 9.84. The summed E-state index contributed by atoms with van der Waals surface area (Å²) < 4.78 is 5.81. The zero-order valence-corrected chi connectivity index (χ0v) is 17.2. The smallest absolute Gasteiger partial charge is 0.226 e. The van der Waals surface area contributed by atoms with E-state index in [-0.39, 0.29) is 18.2 Å². The molecule has 0 fully saturated rings. The largest absolute Gasteiger partial charge is 0.485 e. The summed E-state index contributed by atoms with van der Waals surface area (Å²) in [6.45, 7) is 3.77. The van der Waals surface area contributed by atoms with E-state index in [9.17, 15) is 9.59 Å². The van der Waals surface area contributed by atoms with Crippen LogP contribution in [0, 0.1) is 6.92 Å². The molecular formula is C22H23N3O3S. The number of hydrogen-bond donors (Lipinski definition) is 2. The van der Waals surface area contributed by atoms with Crippen molar-refractivity contribution in [3.8, 4) is 5.75 Å². The molecule has 0 radical (unpaired) electrons. The van der Waals surface area contributed by atoms with Gasteiger partial charge in [-0.15, -0.1) is 11.3 Å². The van der Waals surface area contributed by atoms with Crippen LogP contribution in [0.3, 0.4) is 0 Å². The van der Waals surface area contributed by atoms with Gasteiger partial charge in [0.05, 0.1) is 29.4 Å². The van der Waals surface area contributed by atoms with Crippen LogP contribution in [0.1, 0.15) is 36.2 Å². The summed E-state index contributed by atoms with van der Waals surface area (Å²) >= 11 is 1.50. The minimum absolute atomic E-state index is 0.114. The van der Waals surface area contributed by atoms with Gasteiger partial charge < -0.3 is 15.4 Å². The molecule has 0 saturated carbocycles. The number of aryl methyl sites for hydroxylation is 1. The van der Waals surface area contributed by atoms with E-state index >= 15 is 0 Å². The van der Waals surface area contributed by atoms with Crippen LogP contribution in [0.15, 0.2) is 59.4 Å². The molecule has 29 heavy (non-hydrogen) atoms. The number of para-hydroxylation sites is 2. The summed E-state index contributed by atoms with van der Waals surface area (Å²) in [7, 11) is 0. The molecule has 0 aliphatic heterocycles. The van der Waals surface area contributed by atoms with E-state index in [1.54, 1.807) is 17.6 Å². The normalized spacial score (nSPS) is 11.5. The number of nitrogens with zero attached hydrogens (tertiary/aromatic N) is 1. The number of hydrogen-bond acceptors (Lipinski definition) is 5. The van der Waals surface area contributed by atoms with Crippen molar-refractivity contribution in [2.24, 2.45) is 0 Å². The van der Waals surface area contributed by atoms with Gasteiger partial charge in [-0.2, -0.15) is 0 Å². The summed E-state index contributed by atoms with van der Waals surface area (Å²) in [6, 6.07) is 14.6. The quantitative estimate of drug-likeness (QED) is 0.583. The molecule has 0 aliphatic rings. The minimum atomic E-state index is -0.406. The lowest BCUT2D eigenvalue weighted by Gasteiger charge is -2.19. The number of carbonyl (C=O) groups is 2. The SMILES string of the molecule is CC(=O)NC(CC(=O)Nc1ccccc1OCc1cscn1)c1ccc(C)cc1. The Morgan fingerprint density at radius 3 is 2.59 bits per heavy atom. The molecule has 1 aromatic heterocycles. The first-order valence-corrected chi connectivity index (χ1v) is 10.2. The van der Waals surface area contributed by atoms with Crippen molar-refractivity contribution in [1.82, 2.24) is 10.3 Å². The van der Waals surface area contributed by atoms with Gasteiger partial charge in [-0.1, -0.05) is 42.0 Å². The van der Waals surface area contributed by atoms with E-state index in [4.69, 9.17) is 4.74 Å². The number of anilines is 1. The van der Waals surface area contributed by atoms with E-state index < -0.39 is 6.04 Å². The lowest BCUT2D eigenvalue weighted by atomic mass is 10.0. The summed E-state index contributed by atoms with van der Waals surface area (Å²) in [4.78, 5) is 28.5. The number of amides is 2. The highest BCUT2D eigenvalue weighted by atomic mass is 32.1.